The molecule has 2 N–H and O–H groups in total. The third kappa shape index (κ3) is 3.65. The summed E-state index contributed by atoms with van der Waals surface area (Å²) in [5.41, 5.74) is 6.11. The van der Waals surface area contributed by atoms with Crippen LogP contribution in [0.2, 0.25) is 0 Å². The maximum atomic E-state index is 12.8. The Morgan fingerprint density at radius 3 is 2.48 bits per heavy atom. The average molecular weight is 306 g/mol. The zero-order chi connectivity index (χ0) is 15.5. The highest BCUT2D eigenvalue weighted by molar-refractivity contribution is 7.89. The van der Waals surface area contributed by atoms with E-state index in [0.717, 1.165) is 12.8 Å². The van der Waals surface area contributed by atoms with E-state index in [9.17, 15) is 8.42 Å². The molecule has 0 spiro atoms. The zero-order valence-corrected chi connectivity index (χ0v) is 13.4. The van der Waals surface area contributed by atoms with E-state index < -0.39 is 10.0 Å². The molecule has 0 atom stereocenters. The van der Waals surface area contributed by atoms with E-state index in [-0.39, 0.29) is 16.9 Å². The van der Waals surface area contributed by atoms with E-state index in [2.05, 4.69) is 25.7 Å². The molecule has 0 aliphatic carbocycles. The van der Waals surface area contributed by atoms with Crippen molar-refractivity contribution in [3.63, 3.8) is 0 Å². The van der Waals surface area contributed by atoms with E-state index in [1.807, 2.05) is 0 Å². The summed E-state index contributed by atoms with van der Waals surface area (Å²) >= 11 is 0. The fourth-order valence-corrected chi connectivity index (χ4v) is 4.00. The van der Waals surface area contributed by atoms with Crippen molar-refractivity contribution >= 4 is 10.0 Å². The molecule has 0 aromatic heterocycles. The summed E-state index contributed by atoms with van der Waals surface area (Å²) in [5.74, 6) is 5.58. The lowest BCUT2D eigenvalue weighted by molar-refractivity contribution is 0.196. The van der Waals surface area contributed by atoms with Crippen LogP contribution in [0.5, 0.6) is 0 Å². The lowest BCUT2D eigenvalue weighted by atomic mass is 9.83. The summed E-state index contributed by atoms with van der Waals surface area (Å²) in [6.07, 6.45) is 1.76. The third-order valence-electron chi connectivity index (χ3n) is 3.91. The summed E-state index contributed by atoms with van der Waals surface area (Å²) in [4.78, 5) is 0.283. The molecule has 2 rings (SSSR count). The van der Waals surface area contributed by atoms with Crippen LogP contribution in [0, 0.1) is 17.3 Å². The van der Waals surface area contributed by atoms with Gasteiger partial charge in [-0.05, 0) is 30.4 Å². The molecule has 0 bridgehead atoms. The van der Waals surface area contributed by atoms with E-state index in [4.69, 9.17) is 5.73 Å². The third-order valence-corrected chi connectivity index (χ3v) is 5.86. The van der Waals surface area contributed by atoms with Crippen LogP contribution in [0.15, 0.2) is 29.2 Å². The van der Waals surface area contributed by atoms with Crippen molar-refractivity contribution in [1.82, 2.24) is 4.31 Å². The van der Waals surface area contributed by atoms with Crippen LogP contribution in [0.1, 0.15) is 32.3 Å². The van der Waals surface area contributed by atoms with Crippen molar-refractivity contribution in [3.8, 4) is 11.8 Å². The highest BCUT2D eigenvalue weighted by Crippen LogP contribution is 2.32. The number of nitrogens with zero attached hydrogens (tertiary/aromatic N) is 1. The largest absolute Gasteiger partial charge is 0.320 e. The van der Waals surface area contributed by atoms with Crippen molar-refractivity contribution in [3.05, 3.63) is 29.8 Å². The lowest BCUT2D eigenvalue weighted by Crippen LogP contribution is -2.41. The van der Waals surface area contributed by atoms with Crippen LogP contribution in [0.25, 0.3) is 0 Å². The molecule has 0 saturated carbocycles. The number of nitrogens with two attached hydrogens (primary N) is 1. The number of sulfonamides is 1. The molecule has 1 aromatic rings. The number of hydrogen-bond donors (Lipinski definition) is 1. The monoisotopic (exact) mass is 306 g/mol. The Bertz CT molecular complexity index is 659. The Labute approximate surface area is 127 Å². The zero-order valence-electron chi connectivity index (χ0n) is 12.6. The molecule has 21 heavy (non-hydrogen) atoms. The number of hydrogen-bond acceptors (Lipinski definition) is 3. The minimum absolute atomic E-state index is 0.213. The molecule has 1 fully saturated rings. The molecule has 1 saturated heterocycles. The van der Waals surface area contributed by atoms with Crippen LogP contribution in [-0.4, -0.2) is 32.4 Å². The van der Waals surface area contributed by atoms with Crippen molar-refractivity contribution in [2.45, 2.75) is 31.6 Å². The molecule has 4 nitrogen and oxygen atoms in total. The van der Waals surface area contributed by atoms with Gasteiger partial charge in [0, 0.05) is 18.7 Å². The summed E-state index contributed by atoms with van der Waals surface area (Å²) in [6.45, 7) is 5.70. The maximum Gasteiger partial charge on any atom is 0.244 e. The van der Waals surface area contributed by atoms with Crippen molar-refractivity contribution in [2.75, 3.05) is 19.6 Å². The van der Waals surface area contributed by atoms with Crippen molar-refractivity contribution < 1.29 is 8.42 Å². The first kappa shape index (κ1) is 16.0. The van der Waals surface area contributed by atoms with Gasteiger partial charge in [-0.1, -0.05) is 37.8 Å². The number of piperidine rings is 1. The van der Waals surface area contributed by atoms with Gasteiger partial charge >= 0.3 is 0 Å². The summed E-state index contributed by atoms with van der Waals surface area (Å²) in [5, 5.41) is 0. The first-order valence-electron chi connectivity index (χ1n) is 7.15. The van der Waals surface area contributed by atoms with Gasteiger partial charge in [0.05, 0.1) is 11.4 Å². The van der Waals surface area contributed by atoms with E-state index in [1.165, 1.54) is 0 Å². The summed E-state index contributed by atoms with van der Waals surface area (Å²) in [7, 11) is -3.48. The van der Waals surface area contributed by atoms with Crippen LogP contribution in [0.3, 0.4) is 0 Å². The highest BCUT2D eigenvalue weighted by Gasteiger charge is 2.33. The molecule has 1 aliphatic rings. The van der Waals surface area contributed by atoms with Gasteiger partial charge in [-0.25, -0.2) is 8.42 Å². The Balaban J connectivity index is 2.33. The van der Waals surface area contributed by atoms with Gasteiger partial charge < -0.3 is 5.73 Å². The summed E-state index contributed by atoms with van der Waals surface area (Å²) in [6, 6.07) is 6.87. The highest BCUT2D eigenvalue weighted by atomic mass is 32.2. The second kappa shape index (κ2) is 6.18. The lowest BCUT2D eigenvalue weighted by Gasteiger charge is -2.36. The Kier molecular flexibility index (Phi) is 4.72. The quantitative estimate of drug-likeness (QED) is 0.848. The number of benzene rings is 1. The fourth-order valence-electron chi connectivity index (χ4n) is 2.41. The van der Waals surface area contributed by atoms with Crippen LogP contribution in [0.4, 0.5) is 0 Å². The van der Waals surface area contributed by atoms with Gasteiger partial charge in [0.1, 0.15) is 0 Å². The van der Waals surface area contributed by atoms with Gasteiger partial charge in [-0.2, -0.15) is 4.31 Å². The predicted molar refractivity (Wildman–Crippen MR) is 84.1 cm³/mol. The minimum Gasteiger partial charge on any atom is -0.320 e. The SMILES string of the molecule is CC1(C)CCN(S(=O)(=O)c2ccccc2C#CCN)CC1. The van der Waals surface area contributed by atoms with Crippen LogP contribution in [-0.2, 0) is 10.0 Å². The maximum absolute atomic E-state index is 12.8. The normalized spacial score (nSPS) is 18.8. The molecule has 1 heterocycles. The standard InChI is InChI=1S/C16H22N2O2S/c1-16(2)9-12-18(13-10-16)21(19,20)15-8-4-3-6-14(15)7-5-11-17/h3-4,6,8H,9-13,17H2,1-2H3. The topological polar surface area (TPSA) is 63.4 Å². The Morgan fingerprint density at radius 2 is 1.86 bits per heavy atom. The van der Waals surface area contributed by atoms with Crippen LogP contribution >= 0.6 is 0 Å². The van der Waals surface area contributed by atoms with Crippen molar-refractivity contribution in [1.29, 1.82) is 0 Å². The Morgan fingerprint density at radius 1 is 1.24 bits per heavy atom. The van der Waals surface area contributed by atoms with Gasteiger partial charge in [0.25, 0.3) is 0 Å². The number of rotatable bonds is 2. The Hall–Kier alpha value is -1.35. The van der Waals surface area contributed by atoms with Crippen LogP contribution < -0.4 is 5.73 Å². The van der Waals surface area contributed by atoms with Gasteiger partial charge in [-0.15, -0.1) is 0 Å². The second-order valence-corrected chi connectivity index (χ2v) is 7.98. The molecular formula is C16H22N2O2S. The molecule has 5 heteroatoms. The molecule has 0 radical (unpaired) electrons. The average Bonchev–Trinajstić information content (AvgIpc) is 2.45. The molecule has 1 aromatic carbocycles. The smallest absolute Gasteiger partial charge is 0.244 e. The molecule has 1 aliphatic heterocycles. The van der Waals surface area contributed by atoms with Gasteiger partial charge in [0.2, 0.25) is 10.0 Å². The predicted octanol–water partition coefficient (Wildman–Crippen LogP) is 1.81. The molecule has 0 unspecified atom stereocenters. The fraction of sp³-hybridized carbons (Fsp3) is 0.500. The first-order valence-corrected chi connectivity index (χ1v) is 8.59. The van der Waals surface area contributed by atoms with E-state index in [0.29, 0.717) is 18.7 Å². The van der Waals surface area contributed by atoms with E-state index >= 15 is 0 Å². The van der Waals surface area contributed by atoms with Crippen molar-refractivity contribution in [2.24, 2.45) is 11.1 Å². The molecule has 0 amide bonds. The van der Waals surface area contributed by atoms with E-state index in [1.54, 1.807) is 28.6 Å². The second-order valence-electron chi connectivity index (χ2n) is 6.07. The van der Waals surface area contributed by atoms with Gasteiger partial charge in [0.15, 0.2) is 0 Å². The first-order chi connectivity index (χ1) is 9.87. The minimum atomic E-state index is -3.48. The summed E-state index contributed by atoms with van der Waals surface area (Å²) < 4.78 is 27.2. The van der Waals surface area contributed by atoms with Gasteiger partial charge in [-0.3, -0.25) is 0 Å². The molecular weight excluding hydrogens is 284 g/mol. The molecule has 114 valence electrons.